The molecule has 0 aliphatic carbocycles. The lowest BCUT2D eigenvalue weighted by molar-refractivity contribution is -0.146. The number of Topliss-reactive ketones (excluding diaryl/α,β-unsaturated/α-hetero) is 1. The van der Waals surface area contributed by atoms with Crippen molar-refractivity contribution in [3.63, 3.8) is 0 Å². The van der Waals surface area contributed by atoms with Gasteiger partial charge in [-0.15, -0.1) is 0 Å². The monoisotopic (exact) mass is 417 g/mol. The van der Waals surface area contributed by atoms with Crippen molar-refractivity contribution < 1.29 is 28.7 Å². The summed E-state index contributed by atoms with van der Waals surface area (Å²) in [7, 11) is 0. The van der Waals surface area contributed by atoms with Gasteiger partial charge >= 0.3 is 12.0 Å². The average Bonchev–Trinajstić information content (AvgIpc) is 2.97. The first-order chi connectivity index (χ1) is 14.2. The van der Waals surface area contributed by atoms with Crippen molar-refractivity contribution in [3.05, 3.63) is 35.4 Å². The van der Waals surface area contributed by atoms with Crippen LogP contribution >= 0.6 is 0 Å². The molecule has 4 amide bonds. The second kappa shape index (κ2) is 10.00. The Morgan fingerprint density at radius 2 is 1.73 bits per heavy atom. The second-order valence-electron chi connectivity index (χ2n) is 7.12. The molecule has 1 saturated heterocycles. The highest BCUT2D eigenvalue weighted by atomic mass is 16.5. The molecule has 1 heterocycles. The molecule has 0 aromatic heterocycles. The predicted octanol–water partition coefficient (Wildman–Crippen LogP) is 1.20. The summed E-state index contributed by atoms with van der Waals surface area (Å²) in [6.45, 7) is 4.49. The van der Waals surface area contributed by atoms with E-state index in [9.17, 15) is 24.0 Å². The van der Waals surface area contributed by atoms with Crippen LogP contribution in [0.15, 0.2) is 24.3 Å². The standard InChI is InChI=1S/C21H27N3O6/c1-4-21(5-2)19(28)24(20(29)23-21)12-18(27)30-13-17(26)16-8-6-15(7-9-16)10-11-22-14(3)25/h6-9H,4-5,10-13H2,1-3H3,(H,22,25)(H,23,29). The Kier molecular flexibility index (Phi) is 7.68. The number of nitrogens with one attached hydrogen (secondary N) is 2. The van der Waals surface area contributed by atoms with Crippen molar-refractivity contribution in [2.24, 2.45) is 0 Å². The summed E-state index contributed by atoms with van der Waals surface area (Å²) in [5.41, 5.74) is 0.331. The number of hydrogen-bond acceptors (Lipinski definition) is 6. The van der Waals surface area contributed by atoms with Gasteiger partial charge in [-0.1, -0.05) is 38.1 Å². The van der Waals surface area contributed by atoms with Crippen LogP contribution in [0, 0.1) is 0 Å². The molecule has 9 heteroatoms. The smallest absolute Gasteiger partial charge is 0.326 e. The molecule has 1 aliphatic rings. The zero-order valence-corrected chi connectivity index (χ0v) is 17.4. The SMILES string of the molecule is CCC1(CC)NC(=O)N(CC(=O)OCC(=O)c2ccc(CCNC(C)=O)cc2)C1=O. The van der Waals surface area contributed by atoms with Gasteiger partial charge in [-0.3, -0.25) is 24.1 Å². The van der Waals surface area contributed by atoms with Gasteiger partial charge in [-0.05, 0) is 24.8 Å². The second-order valence-corrected chi connectivity index (χ2v) is 7.12. The third-order valence-electron chi connectivity index (χ3n) is 5.17. The van der Waals surface area contributed by atoms with Gasteiger partial charge < -0.3 is 15.4 Å². The summed E-state index contributed by atoms with van der Waals surface area (Å²) in [4.78, 5) is 60.5. The highest BCUT2D eigenvalue weighted by Gasteiger charge is 2.49. The minimum Gasteiger partial charge on any atom is -0.456 e. The number of urea groups is 1. The van der Waals surface area contributed by atoms with Crippen molar-refractivity contribution in [2.75, 3.05) is 19.7 Å². The lowest BCUT2D eigenvalue weighted by Gasteiger charge is -2.22. The normalized spacial score (nSPS) is 15.0. The van der Waals surface area contributed by atoms with Crippen LogP contribution in [-0.4, -0.2) is 59.7 Å². The molecule has 0 spiro atoms. The Morgan fingerprint density at radius 1 is 1.10 bits per heavy atom. The van der Waals surface area contributed by atoms with Crippen LogP contribution in [-0.2, 0) is 25.5 Å². The summed E-state index contributed by atoms with van der Waals surface area (Å²) >= 11 is 0. The number of amides is 4. The van der Waals surface area contributed by atoms with Crippen molar-refractivity contribution in [3.8, 4) is 0 Å². The van der Waals surface area contributed by atoms with E-state index in [1.807, 2.05) is 0 Å². The number of benzene rings is 1. The van der Waals surface area contributed by atoms with Crippen molar-refractivity contribution >= 4 is 29.6 Å². The van der Waals surface area contributed by atoms with E-state index in [4.69, 9.17) is 4.74 Å². The lowest BCUT2D eigenvalue weighted by atomic mass is 9.93. The molecule has 9 nitrogen and oxygen atoms in total. The van der Waals surface area contributed by atoms with Crippen LogP contribution in [0.25, 0.3) is 0 Å². The van der Waals surface area contributed by atoms with Crippen LogP contribution in [0.1, 0.15) is 49.5 Å². The van der Waals surface area contributed by atoms with E-state index in [1.54, 1.807) is 38.1 Å². The zero-order chi connectivity index (χ0) is 22.3. The number of ether oxygens (including phenoxy) is 1. The molecule has 0 unspecified atom stereocenters. The van der Waals surface area contributed by atoms with E-state index >= 15 is 0 Å². The van der Waals surface area contributed by atoms with Crippen LogP contribution in [0.4, 0.5) is 4.79 Å². The zero-order valence-electron chi connectivity index (χ0n) is 17.4. The minimum absolute atomic E-state index is 0.105. The van der Waals surface area contributed by atoms with Crippen LogP contribution in [0.5, 0.6) is 0 Å². The molecule has 1 aromatic rings. The number of esters is 1. The topological polar surface area (TPSA) is 122 Å². The number of nitrogens with zero attached hydrogens (tertiary/aromatic N) is 1. The molecule has 30 heavy (non-hydrogen) atoms. The predicted molar refractivity (Wildman–Crippen MR) is 108 cm³/mol. The van der Waals surface area contributed by atoms with Gasteiger partial charge in [0.2, 0.25) is 5.91 Å². The van der Waals surface area contributed by atoms with Gasteiger partial charge in [-0.25, -0.2) is 4.79 Å². The van der Waals surface area contributed by atoms with Crippen LogP contribution in [0.3, 0.4) is 0 Å². The molecular formula is C21H27N3O6. The third kappa shape index (κ3) is 5.43. The minimum atomic E-state index is -0.991. The fraction of sp³-hybridized carbons (Fsp3) is 0.476. The third-order valence-corrected chi connectivity index (χ3v) is 5.17. The Labute approximate surface area is 175 Å². The Morgan fingerprint density at radius 3 is 2.27 bits per heavy atom. The molecular weight excluding hydrogens is 390 g/mol. The number of carbonyl (C=O) groups is 5. The van der Waals surface area contributed by atoms with Crippen molar-refractivity contribution in [2.45, 2.75) is 45.6 Å². The molecule has 0 saturated carbocycles. The lowest BCUT2D eigenvalue weighted by Crippen LogP contribution is -2.46. The fourth-order valence-corrected chi connectivity index (χ4v) is 3.19. The van der Waals surface area contributed by atoms with Gasteiger partial charge in [0.25, 0.3) is 5.91 Å². The van der Waals surface area contributed by atoms with E-state index in [-0.39, 0.29) is 5.91 Å². The first-order valence-electron chi connectivity index (χ1n) is 9.88. The average molecular weight is 417 g/mol. The maximum atomic E-state index is 12.5. The number of rotatable bonds is 10. The van der Waals surface area contributed by atoms with Gasteiger partial charge in [0.1, 0.15) is 12.1 Å². The number of hydrogen-bond donors (Lipinski definition) is 2. The molecule has 1 fully saturated rings. The summed E-state index contributed by atoms with van der Waals surface area (Å²) in [6, 6.07) is 6.13. The maximum absolute atomic E-state index is 12.5. The van der Waals surface area contributed by atoms with Crippen molar-refractivity contribution in [1.29, 1.82) is 0 Å². The molecule has 0 atom stereocenters. The van der Waals surface area contributed by atoms with Crippen molar-refractivity contribution in [1.82, 2.24) is 15.5 Å². The molecule has 162 valence electrons. The van der Waals surface area contributed by atoms with Crippen LogP contribution in [0.2, 0.25) is 0 Å². The van der Waals surface area contributed by atoms with E-state index in [2.05, 4.69) is 10.6 Å². The molecule has 1 aliphatic heterocycles. The first-order valence-corrected chi connectivity index (χ1v) is 9.88. The van der Waals surface area contributed by atoms with E-state index in [0.29, 0.717) is 31.4 Å². The van der Waals surface area contributed by atoms with Gasteiger partial charge in [-0.2, -0.15) is 0 Å². The molecule has 0 radical (unpaired) electrons. The van der Waals surface area contributed by atoms with Gasteiger partial charge in [0.05, 0.1) is 0 Å². The quantitative estimate of drug-likeness (QED) is 0.335. The Balaban J connectivity index is 1.84. The molecule has 2 N–H and O–H groups in total. The molecule has 2 rings (SSSR count). The Bertz CT molecular complexity index is 830. The van der Waals surface area contributed by atoms with Gasteiger partial charge in [0.15, 0.2) is 12.4 Å². The number of carbonyl (C=O) groups excluding carboxylic acids is 5. The summed E-state index contributed by atoms with van der Waals surface area (Å²) in [5, 5.41) is 5.32. The maximum Gasteiger partial charge on any atom is 0.326 e. The highest BCUT2D eigenvalue weighted by Crippen LogP contribution is 2.24. The fourth-order valence-electron chi connectivity index (χ4n) is 3.19. The summed E-state index contributed by atoms with van der Waals surface area (Å²) < 4.78 is 4.96. The number of imide groups is 1. The number of ketones is 1. The largest absolute Gasteiger partial charge is 0.456 e. The highest BCUT2D eigenvalue weighted by molar-refractivity contribution is 6.08. The van der Waals surface area contributed by atoms with E-state index in [0.717, 1.165) is 10.5 Å². The Hall–Kier alpha value is -3.23. The first kappa shape index (κ1) is 23.1. The van der Waals surface area contributed by atoms with Gasteiger partial charge in [0, 0.05) is 19.0 Å². The van der Waals surface area contributed by atoms with E-state index in [1.165, 1.54) is 6.92 Å². The molecule has 1 aromatic carbocycles. The van der Waals surface area contributed by atoms with E-state index < -0.39 is 42.4 Å². The summed E-state index contributed by atoms with van der Waals surface area (Å²) in [5.74, 6) is -1.80. The molecule has 0 bridgehead atoms. The van der Waals surface area contributed by atoms with Crippen LogP contribution < -0.4 is 10.6 Å². The summed E-state index contributed by atoms with van der Waals surface area (Å²) in [6.07, 6.45) is 1.46.